The third-order valence-corrected chi connectivity index (χ3v) is 3.52. The Morgan fingerprint density at radius 3 is 2.43 bits per heavy atom. The summed E-state index contributed by atoms with van der Waals surface area (Å²) in [5.74, 6) is 0. The van der Waals surface area contributed by atoms with Crippen LogP contribution in [0.4, 0.5) is 5.69 Å². The summed E-state index contributed by atoms with van der Waals surface area (Å²) >= 11 is 0. The van der Waals surface area contributed by atoms with Gasteiger partial charge in [-0.05, 0) is 29.8 Å². The van der Waals surface area contributed by atoms with E-state index in [1.54, 1.807) is 24.3 Å². The molecule has 0 aliphatic heterocycles. The van der Waals surface area contributed by atoms with Crippen molar-refractivity contribution in [1.82, 2.24) is 9.66 Å². The fraction of sp³-hybridized carbons (Fsp3) is 0.118. The van der Waals surface area contributed by atoms with Gasteiger partial charge in [-0.25, -0.2) is 4.79 Å². The monoisotopic (exact) mass is 308 g/mol. The van der Waals surface area contributed by atoms with E-state index in [9.17, 15) is 9.59 Å². The highest BCUT2D eigenvalue weighted by atomic mass is 16.2. The van der Waals surface area contributed by atoms with Crippen LogP contribution in [0.2, 0.25) is 0 Å². The van der Waals surface area contributed by atoms with E-state index in [4.69, 9.17) is 0 Å². The second-order valence-corrected chi connectivity index (χ2v) is 5.32. The van der Waals surface area contributed by atoms with Crippen LogP contribution in [0.5, 0.6) is 0 Å². The number of nitrogens with zero attached hydrogens (tertiary/aromatic N) is 3. The molecule has 23 heavy (non-hydrogen) atoms. The number of benzene rings is 2. The van der Waals surface area contributed by atoms with E-state index in [1.807, 2.05) is 43.3 Å². The van der Waals surface area contributed by atoms with E-state index in [1.165, 1.54) is 6.21 Å². The molecule has 116 valence electrons. The zero-order valence-electron chi connectivity index (χ0n) is 12.9. The highest BCUT2D eigenvalue weighted by Gasteiger charge is 2.05. The van der Waals surface area contributed by atoms with Gasteiger partial charge in [0.05, 0.1) is 17.1 Å². The molecule has 3 rings (SSSR count). The Balaban J connectivity index is 2.01. The molecule has 0 bridgehead atoms. The minimum Gasteiger partial charge on any atom is -0.378 e. The van der Waals surface area contributed by atoms with Crippen LogP contribution in [0.1, 0.15) is 5.56 Å². The predicted octanol–water partition coefficient (Wildman–Crippen LogP) is 1.64. The number of para-hydroxylation sites is 1. The molecular formula is C17H16N4O2. The van der Waals surface area contributed by atoms with Gasteiger partial charge in [0.1, 0.15) is 0 Å². The lowest BCUT2D eigenvalue weighted by Gasteiger charge is -2.11. The van der Waals surface area contributed by atoms with Gasteiger partial charge in [-0.1, -0.05) is 24.3 Å². The van der Waals surface area contributed by atoms with Crippen molar-refractivity contribution < 1.29 is 0 Å². The largest absolute Gasteiger partial charge is 0.378 e. The van der Waals surface area contributed by atoms with Crippen molar-refractivity contribution in [3.05, 3.63) is 74.9 Å². The van der Waals surface area contributed by atoms with Gasteiger partial charge in [0.2, 0.25) is 0 Å². The van der Waals surface area contributed by atoms with Gasteiger partial charge in [0.25, 0.3) is 5.56 Å². The molecule has 3 aromatic rings. The summed E-state index contributed by atoms with van der Waals surface area (Å²) < 4.78 is 0.836. The van der Waals surface area contributed by atoms with E-state index in [0.29, 0.717) is 10.9 Å². The van der Waals surface area contributed by atoms with Crippen molar-refractivity contribution in [2.45, 2.75) is 0 Å². The lowest BCUT2D eigenvalue weighted by molar-refractivity contribution is 0.771. The molecule has 0 fully saturated rings. The first kappa shape index (κ1) is 14.8. The first-order valence-electron chi connectivity index (χ1n) is 7.12. The molecule has 0 saturated heterocycles. The highest BCUT2D eigenvalue weighted by molar-refractivity contribution is 5.81. The summed E-state index contributed by atoms with van der Waals surface area (Å²) in [4.78, 5) is 29.0. The molecule has 0 aliphatic carbocycles. The molecule has 0 amide bonds. The maximum Gasteiger partial charge on any atom is 0.349 e. The number of aromatic nitrogens is 2. The topological polar surface area (TPSA) is 70.5 Å². The van der Waals surface area contributed by atoms with Crippen molar-refractivity contribution in [1.29, 1.82) is 0 Å². The van der Waals surface area contributed by atoms with Gasteiger partial charge in [-0.3, -0.25) is 4.79 Å². The summed E-state index contributed by atoms with van der Waals surface area (Å²) in [6, 6.07) is 14.5. The molecule has 6 heteroatoms. The number of hydrogen-bond donors (Lipinski definition) is 1. The Hall–Kier alpha value is -3.15. The average molecular weight is 308 g/mol. The molecule has 0 spiro atoms. The quantitative estimate of drug-likeness (QED) is 0.748. The summed E-state index contributed by atoms with van der Waals surface area (Å²) in [6.45, 7) is 0. The van der Waals surface area contributed by atoms with E-state index >= 15 is 0 Å². The lowest BCUT2D eigenvalue weighted by atomic mass is 10.2. The molecule has 0 saturated carbocycles. The van der Waals surface area contributed by atoms with Gasteiger partial charge in [-0.2, -0.15) is 5.10 Å². The maximum atomic E-state index is 12.3. The Bertz CT molecular complexity index is 982. The van der Waals surface area contributed by atoms with Crippen molar-refractivity contribution in [2.75, 3.05) is 19.0 Å². The zero-order chi connectivity index (χ0) is 16.4. The number of nitrogens with one attached hydrogen (secondary N) is 1. The van der Waals surface area contributed by atoms with Gasteiger partial charge in [-0.15, -0.1) is 4.68 Å². The molecule has 1 heterocycles. The SMILES string of the molecule is CN(C)c1ccc(C=Nn2c(=O)[nH]c3ccccc3c2=O)cc1. The van der Waals surface area contributed by atoms with E-state index in [0.717, 1.165) is 15.9 Å². The van der Waals surface area contributed by atoms with Crippen LogP contribution in [-0.2, 0) is 0 Å². The van der Waals surface area contributed by atoms with Crippen LogP contribution in [0, 0.1) is 0 Å². The Kier molecular flexibility index (Phi) is 3.80. The second kappa shape index (κ2) is 5.92. The minimum absolute atomic E-state index is 0.423. The number of rotatable bonds is 3. The number of hydrogen-bond acceptors (Lipinski definition) is 4. The molecule has 1 N–H and O–H groups in total. The first-order valence-corrected chi connectivity index (χ1v) is 7.12. The molecule has 6 nitrogen and oxygen atoms in total. The first-order chi connectivity index (χ1) is 11.1. The fourth-order valence-electron chi connectivity index (χ4n) is 2.24. The molecule has 0 radical (unpaired) electrons. The van der Waals surface area contributed by atoms with E-state index in [-0.39, 0.29) is 0 Å². The van der Waals surface area contributed by atoms with Gasteiger partial charge >= 0.3 is 5.69 Å². The summed E-state index contributed by atoms with van der Waals surface area (Å²) in [5.41, 5.74) is 1.36. The van der Waals surface area contributed by atoms with Gasteiger partial charge < -0.3 is 9.88 Å². The van der Waals surface area contributed by atoms with Crippen molar-refractivity contribution in [2.24, 2.45) is 5.10 Å². The average Bonchev–Trinajstić information content (AvgIpc) is 2.55. The van der Waals surface area contributed by atoms with Crippen LogP contribution < -0.4 is 16.1 Å². The predicted molar refractivity (Wildman–Crippen MR) is 92.6 cm³/mol. The second-order valence-electron chi connectivity index (χ2n) is 5.32. The summed E-state index contributed by atoms with van der Waals surface area (Å²) in [7, 11) is 3.91. The lowest BCUT2D eigenvalue weighted by Crippen LogP contribution is -2.32. The number of H-pyrrole nitrogens is 1. The van der Waals surface area contributed by atoms with Gasteiger partial charge in [0.15, 0.2) is 0 Å². The van der Waals surface area contributed by atoms with Crippen molar-refractivity contribution in [3.63, 3.8) is 0 Å². The summed E-state index contributed by atoms with van der Waals surface area (Å²) in [6.07, 6.45) is 1.49. The number of aromatic amines is 1. The molecule has 0 unspecified atom stereocenters. The Morgan fingerprint density at radius 1 is 1.04 bits per heavy atom. The van der Waals surface area contributed by atoms with Crippen LogP contribution in [0.3, 0.4) is 0 Å². The van der Waals surface area contributed by atoms with Gasteiger partial charge in [0, 0.05) is 19.8 Å². The molecule has 0 atom stereocenters. The highest BCUT2D eigenvalue weighted by Crippen LogP contribution is 2.11. The van der Waals surface area contributed by atoms with Crippen molar-refractivity contribution in [3.8, 4) is 0 Å². The maximum absolute atomic E-state index is 12.3. The minimum atomic E-state index is -0.560. The van der Waals surface area contributed by atoms with E-state index < -0.39 is 11.2 Å². The number of anilines is 1. The zero-order valence-corrected chi connectivity index (χ0v) is 12.9. The third-order valence-electron chi connectivity index (χ3n) is 3.52. The molecular weight excluding hydrogens is 292 g/mol. The number of fused-ring (bicyclic) bond motifs is 1. The standard InChI is InChI=1S/C17H16N4O2/c1-20(2)13-9-7-12(8-10-13)11-18-21-16(22)14-5-3-4-6-15(14)19-17(21)23/h3-11H,1-2H3,(H,19,23). The Labute approximate surface area is 132 Å². The normalized spacial score (nSPS) is 11.2. The van der Waals surface area contributed by atoms with Crippen LogP contribution in [0.15, 0.2) is 63.2 Å². The molecule has 1 aromatic heterocycles. The third kappa shape index (κ3) is 2.91. The van der Waals surface area contributed by atoms with Crippen LogP contribution in [0.25, 0.3) is 10.9 Å². The van der Waals surface area contributed by atoms with Crippen molar-refractivity contribution >= 4 is 22.8 Å². The summed E-state index contributed by atoms with van der Waals surface area (Å²) in [5, 5.41) is 4.45. The smallest absolute Gasteiger partial charge is 0.349 e. The van der Waals surface area contributed by atoms with E-state index in [2.05, 4.69) is 10.1 Å². The molecule has 2 aromatic carbocycles. The fourth-order valence-corrected chi connectivity index (χ4v) is 2.24. The molecule has 0 aliphatic rings. The van der Waals surface area contributed by atoms with Crippen LogP contribution >= 0.6 is 0 Å². The van der Waals surface area contributed by atoms with Crippen LogP contribution in [-0.4, -0.2) is 30.0 Å². The Morgan fingerprint density at radius 2 is 1.74 bits per heavy atom.